The first-order valence-corrected chi connectivity index (χ1v) is 22.1. The van der Waals surface area contributed by atoms with E-state index in [1.54, 1.807) is 43.4 Å². The van der Waals surface area contributed by atoms with Crippen molar-refractivity contribution in [1.82, 2.24) is 9.88 Å². The predicted molar refractivity (Wildman–Crippen MR) is 246 cm³/mol. The Balaban J connectivity index is 1.43. The number of fused-ring (bicyclic) bond motifs is 2. The molecular formula is C49H60N4O12. The van der Waals surface area contributed by atoms with Gasteiger partial charge in [-0.05, 0) is 65.6 Å². The molecule has 1 saturated heterocycles. The smallest absolute Gasteiger partial charge is 0.312 e. The highest BCUT2D eigenvalue weighted by molar-refractivity contribution is 6.22. The van der Waals surface area contributed by atoms with Crippen molar-refractivity contribution < 1.29 is 53.1 Å². The van der Waals surface area contributed by atoms with Gasteiger partial charge in [0, 0.05) is 86.3 Å². The standard InChI is InChI=1S/C49H60N4O12/c1-24-12-11-13-26(3)48(60)51-41-43(58)37-36(40-46(41)64-35-23-31(22-33(56)39(35)50-40)53-19-16-30(17-20-53)52(8)9)38-45(28(5)42(37)57)65-49(7,47(38)59)62-21-18-34(61-10)27(4)44(63-29(6)54)25(2)14-15-32(24)55/h11-13,18,21-25,27,30,32,34,44,55-57H,14-17,19-20H2,1-10H3,(H,51,60)/b12-11+,21-18+,26-13-/t24-,25+,27+,32+,34-,44-,49-/m0/s1. The number of piperidine rings is 1. The van der Waals surface area contributed by atoms with Crippen molar-refractivity contribution in [2.75, 3.05) is 44.5 Å². The van der Waals surface area contributed by atoms with Crippen LogP contribution < -0.4 is 20.4 Å². The van der Waals surface area contributed by atoms with Gasteiger partial charge in [-0.25, -0.2) is 4.98 Å². The Morgan fingerprint density at radius 2 is 1.72 bits per heavy atom. The fourth-order valence-corrected chi connectivity index (χ4v) is 9.27. The van der Waals surface area contributed by atoms with Crippen LogP contribution in [-0.4, -0.2) is 107 Å². The van der Waals surface area contributed by atoms with Crippen LogP contribution in [0.15, 0.2) is 57.5 Å². The number of aliphatic hydroxyl groups is 1. The van der Waals surface area contributed by atoms with E-state index in [1.807, 2.05) is 20.8 Å². The number of hydrogen-bond donors (Lipinski definition) is 4. The minimum Gasteiger partial charge on any atom is -0.507 e. The van der Waals surface area contributed by atoms with E-state index in [-0.39, 0.29) is 79.0 Å². The molecule has 0 unspecified atom stereocenters. The lowest BCUT2D eigenvalue weighted by Gasteiger charge is -2.36. The summed E-state index contributed by atoms with van der Waals surface area (Å²) >= 11 is 0. The summed E-state index contributed by atoms with van der Waals surface area (Å²) in [5.41, 5.74) is -0.408. The van der Waals surface area contributed by atoms with Gasteiger partial charge in [0.1, 0.15) is 40.3 Å². The summed E-state index contributed by atoms with van der Waals surface area (Å²) in [4.78, 5) is 65.0. The number of esters is 1. The van der Waals surface area contributed by atoms with Crippen molar-refractivity contribution in [3.05, 3.63) is 69.6 Å². The molecule has 7 rings (SSSR count). The van der Waals surface area contributed by atoms with E-state index in [9.17, 15) is 34.5 Å². The third-order valence-electron chi connectivity index (χ3n) is 13.4. The summed E-state index contributed by atoms with van der Waals surface area (Å²) in [6.07, 6.45) is 8.39. The van der Waals surface area contributed by atoms with Crippen LogP contribution in [0.4, 0.5) is 11.4 Å². The molecule has 65 heavy (non-hydrogen) atoms. The largest absolute Gasteiger partial charge is 0.507 e. The number of methoxy groups -OCH3 is 1. The second-order valence-corrected chi connectivity index (χ2v) is 18.1. The molecule has 0 spiro atoms. The number of nitrogens with one attached hydrogen (secondary N) is 1. The summed E-state index contributed by atoms with van der Waals surface area (Å²) in [7, 11) is 5.59. The second-order valence-electron chi connectivity index (χ2n) is 18.1. The number of phenols is 2. The van der Waals surface area contributed by atoms with Gasteiger partial charge in [-0.15, -0.1) is 0 Å². The van der Waals surface area contributed by atoms with Gasteiger partial charge in [-0.2, -0.15) is 0 Å². The molecule has 7 atom stereocenters. The number of aromatic hydroxyl groups is 2. The molecule has 0 aromatic heterocycles. The number of ketones is 1. The number of anilines is 2. The van der Waals surface area contributed by atoms with Gasteiger partial charge in [-0.1, -0.05) is 39.0 Å². The topological polar surface area (TPSA) is 210 Å². The summed E-state index contributed by atoms with van der Waals surface area (Å²) in [6, 6.07) is 3.71. The number of phenolic OH excluding ortho intramolecular Hbond substituents is 2. The Labute approximate surface area is 377 Å². The molecule has 2 aromatic rings. The number of carbonyl (C=O) groups is 3. The lowest BCUT2D eigenvalue weighted by Crippen LogP contribution is -2.41. The van der Waals surface area contributed by atoms with Gasteiger partial charge < -0.3 is 53.8 Å². The Bertz CT molecular complexity index is 2640. The number of aromatic nitrogens is 1. The van der Waals surface area contributed by atoms with E-state index < -0.39 is 58.9 Å². The molecule has 16 nitrogen and oxygen atoms in total. The zero-order valence-electron chi connectivity index (χ0n) is 38.7. The summed E-state index contributed by atoms with van der Waals surface area (Å²) in [6.45, 7) is 12.8. The SMILES string of the molecule is CO[C@H]1/C=C/O[C@@]2(C)Oc3c(C)c(O)c4c(=O)c(c5oc6cc(N7CCC(N(C)C)CC7)cc(O)c6nc-5c4c3C2=O)NC(=O)/C(C)=C\C=C\[C@H](C)[C@H](O)CC[C@@H](C)[C@H](OC(C)=O)[C@@H]1C. The van der Waals surface area contributed by atoms with E-state index in [1.165, 1.54) is 34.1 Å². The molecular weight excluding hydrogens is 837 g/mol. The maximum absolute atomic E-state index is 14.8. The second kappa shape index (κ2) is 18.5. The number of hydrogen-bond acceptors (Lipinski definition) is 15. The minimum absolute atomic E-state index is 0.00978. The molecule has 348 valence electrons. The number of nitrogens with zero attached hydrogens (tertiary/aromatic N) is 3. The molecule has 4 heterocycles. The third-order valence-corrected chi connectivity index (χ3v) is 13.4. The average molecular weight is 897 g/mol. The van der Waals surface area contributed by atoms with Crippen molar-refractivity contribution in [2.45, 2.75) is 104 Å². The molecule has 1 amide bonds. The predicted octanol–water partition coefficient (Wildman–Crippen LogP) is 6.97. The van der Waals surface area contributed by atoms with E-state index in [0.29, 0.717) is 37.7 Å². The maximum Gasteiger partial charge on any atom is 0.312 e. The number of allylic oxidation sites excluding steroid dienone is 2. The number of aliphatic hydroxyl groups excluding tert-OH is 1. The zero-order chi connectivity index (χ0) is 47.2. The maximum atomic E-state index is 14.8. The van der Waals surface area contributed by atoms with Crippen molar-refractivity contribution in [1.29, 1.82) is 0 Å². The highest BCUT2D eigenvalue weighted by atomic mass is 16.7. The summed E-state index contributed by atoms with van der Waals surface area (Å²) < 4.78 is 30.5. The normalized spacial score (nSPS) is 28.0. The number of Topliss-reactive ketones (excluding diaryl/α,β-unsaturated/α-hetero) is 1. The van der Waals surface area contributed by atoms with E-state index in [0.717, 1.165) is 12.8 Å². The molecule has 4 aliphatic heterocycles. The van der Waals surface area contributed by atoms with Crippen LogP contribution in [-0.2, 0) is 23.8 Å². The van der Waals surface area contributed by atoms with Crippen LogP contribution in [0.25, 0.3) is 33.3 Å². The van der Waals surface area contributed by atoms with Crippen molar-refractivity contribution in [2.24, 2.45) is 17.8 Å². The Kier molecular flexibility index (Phi) is 13.4. The Morgan fingerprint density at radius 1 is 1.02 bits per heavy atom. The van der Waals surface area contributed by atoms with Gasteiger partial charge in [0.25, 0.3) is 11.7 Å². The zero-order valence-corrected chi connectivity index (χ0v) is 38.7. The average Bonchev–Trinajstić information content (AvgIpc) is 3.53. The van der Waals surface area contributed by atoms with E-state index in [2.05, 4.69) is 29.2 Å². The van der Waals surface area contributed by atoms with Gasteiger partial charge in [-0.3, -0.25) is 19.2 Å². The van der Waals surface area contributed by atoms with Gasteiger partial charge >= 0.3 is 11.8 Å². The lowest BCUT2D eigenvalue weighted by atomic mass is 9.85. The molecule has 2 aromatic carbocycles. The van der Waals surface area contributed by atoms with Crippen LogP contribution in [0.5, 0.6) is 17.2 Å². The number of rotatable bonds is 4. The van der Waals surface area contributed by atoms with Crippen molar-refractivity contribution in [3.8, 4) is 28.7 Å². The quantitative estimate of drug-likeness (QED) is 0.0926. The van der Waals surface area contributed by atoms with Crippen LogP contribution in [0, 0.1) is 24.7 Å². The van der Waals surface area contributed by atoms with Crippen LogP contribution >= 0.6 is 0 Å². The molecule has 4 N–H and O–H groups in total. The van der Waals surface area contributed by atoms with Gasteiger partial charge in [0.15, 0.2) is 11.3 Å². The molecule has 16 heteroatoms. The molecule has 1 aliphatic carbocycles. The first-order chi connectivity index (χ1) is 30.8. The molecule has 4 bridgehead atoms. The third kappa shape index (κ3) is 8.91. The molecule has 0 radical (unpaired) electrons. The summed E-state index contributed by atoms with van der Waals surface area (Å²) in [5.74, 6) is -5.88. The van der Waals surface area contributed by atoms with E-state index in [4.69, 9.17) is 28.3 Å². The van der Waals surface area contributed by atoms with Crippen molar-refractivity contribution in [3.63, 3.8) is 0 Å². The monoisotopic (exact) mass is 896 g/mol. The highest BCUT2D eigenvalue weighted by Crippen LogP contribution is 2.51. The molecule has 5 aliphatic rings. The highest BCUT2D eigenvalue weighted by Gasteiger charge is 2.50. The van der Waals surface area contributed by atoms with Crippen LogP contribution in [0.3, 0.4) is 0 Å². The number of benzene rings is 3. The lowest BCUT2D eigenvalue weighted by molar-refractivity contribution is -0.155. The number of ether oxygens (including phenoxy) is 4. The van der Waals surface area contributed by atoms with Gasteiger partial charge in [0.2, 0.25) is 5.43 Å². The van der Waals surface area contributed by atoms with Crippen molar-refractivity contribution >= 4 is 50.9 Å². The number of carbonyl (C=O) groups excluding carboxylic acids is 3. The molecule has 1 fully saturated rings. The fourth-order valence-electron chi connectivity index (χ4n) is 9.27. The Hall–Kier alpha value is -5.97. The first kappa shape index (κ1) is 47.0. The number of amides is 1. The van der Waals surface area contributed by atoms with Crippen LogP contribution in [0.2, 0.25) is 0 Å². The minimum atomic E-state index is -2.03. The Morgan fingerprint density at radius 3 is 2.38 bits per heavy atom. The summed E-state index contributed by atoms with van der Waals surface area (Å²) in [5, 5.41) is 36.8. The first-order valence-electron chi connectivity index (χ1n) is 22.1. The van der Waals surface area contributed by atoms with Gasteiger partial charge in [0.05, 0.1) is 29.4 Å². The van der Waals surface area contributed by atoms with Crippen LogP contribution in [0.1, 0.15) is 83.1 Å². The fraction of sp³-hybridized carbons (Fsp3) is 0.490. The van der Waals surface area contributed by atoms with E-state index >= 15 is 0 Å². The molecule has 0 saturated carbocycles.